The van der Waals surface area contributed by atoms with Crippen LogP contribution in [0.1, 0.15) is 25.3 Å². The number of hydrogen-bond donors (Lipinski definition) is 2. The van der Waals surface area contributed by atoms with E-state index in [0.29, 0.717) is 0 Å². The summed E-state index contributed by atoms with van der Waals surface area (Å²) in [4.78, 5) is 0. The average molecular weight is 204 g/mol. The van der Waals surface area contributed by atoms with E-state index in [1.807, 2.05) is 12.1 Å². The summed E-state index contributed by atoms with van der Waals surface area (Å²) in [6.45, 7) is 4.43. The van der Waals surface area contributed by atoms with Crippen molar-refractivity contribution >= 4 is 5.69 Å². The molecule has 2 rings (SSSR count). The molecule has 3 N–H and O–H groups in total. The van der Waals surface area contributed by atoms with Crippen LogP contribution < -0.4 is 11.1 Å². The van der Waals surface area contributed by atoms with Gasteiger partial charge in [-0.1, -0.05) is 19.1 Å². The fourth-order valence-corrected chi connectivity index (χ4v) is 1.91. The highest BCUT2D eigenvalue weighted by Crippen LogP contribution is 2.36. The highest BCUT2D eigenvalue weighted by Gasteiger charge is 2.27. The van der Waals surface area contributed by atoms with Crippen LogP contribution in [0.4, 0.5) is 5.69 Å². The van der Waals surface area contributed by atoms with Gasteiger partial charge in [-0.15, -0.1) is 0 Å². The lowest BCUT2D eigenvalue weighted by Crippen LogP contribution is -2.21. The van der Waals surface area contributed by atoms with Gasteiger partial charge in [-0.05, 0) is 48.9 Å². The zero-order chi connectivity index (χ0) is 10.7. The lowest BCUT2D eigenvalue weighted by Gasteiger charge is -2.11. The normalized spacial score (nSPS) is 17.7. The van der Waals surface area contributed by atoms with Crippen molar-refractivity contribution in [3.63, 3.8) is 0 Å². The lowest BCUT2D eigenvalue weighted by molar-refractivity contribution is 0.461. The Morgan fingerprint density at radius 3 is 2.60 bits per heavy atom. The van der Waals surface area contributed by atoms with E-state index < -0.39 is 0 Å². The molecule has 0 aromatic heterocycles. The monoisotopic (exact) mass is 204 g/mol. The summed E-state index contributed by atoms with van der Waals surface area (Å²) in [6.07, 6.45) is 2.87. The highest BCUT2D eigenvalue weighted by atomic mass is 14.9. The zero-order valence-electron chi connectivity index (χ0n) is 9.37. The van der Waals surface area contributed by atoms with Gasteiger partial charge in [-0.2, -0.15) is 0 Å². The van der Waals surface area contributed by atoms with Gasteiger partial charge >= 0.3 is 0 Å². The minimum atomic E-state index is 0.832. The Hall–Kier alpha value is -1.02. The second-order valence-electron chi connectivity index (χ2n) is 4.69. The number of nitrogens with one attached hydrogen (secondary N) is 1. The first-order valence-electron chi connectivity index (χ1n) is 5.81. The van der Waals surface area contributed by atoms with Gasteiger partial charge in [-0.3, -0.25) is 0 Å². The van der Waals surface area contributed by atoms with Crippen LogP contribution in [-0.4, -0.2) is 6.54 Å². The first-order valence-corrected chi connectivity index (χ1v) is 5.81. The van der Waals surface area contributed by atoms with Crippen LogP contribution in [0.3, 0.4) is 0 Å². The Morgan fingerprint density at radius 2 is 2.00 bits per heavy atom. The van der Waals surface area contributed by atoms with Crippen molar-refractivity contribution < 1.29 is 0 Å². The molecule has 0 aliphatic heterocycles. The maximum absolute atomic E-state index is 5.63. The van der Waals surface area contributed by atoms with Crippen molar-refractivity contribution in [3.05, 3.63) is 29.8 Å². The maximum Gasteiger partial charge on any atom is 0.0314 e. The predicted octanol–water partition coefficient (Wildman–Crippen LogP) is 2.40. The second kappa shape index (κ2) is 4.67. The molecule has 15 heavy (non-hydrogen) atoms. The minimum absolute atomic E-state index is 0.832. The Bertz CT molecular complexity index is 301. The first-order chi connectivity index (χ1) is 7.25. The molecule has 1 aliphatic rings. The molecule has 0 spiro atoms. The van der Waals surface area contributed by atoms with E-state index >= 15 is 0 Å². The van der Waals surface area contributed by atoms with E-state index in [9.17, 15) is 0 Å². The molecule has 1 fully saturated rings. The van der Waals surface area contributed by atoms with E-state index in [-0.39, 0.29) is 0 Å². The molecule has 1 aliphatic carbocycles. The molecule has 1 atom stereocenters. The summed E-state index contributed by atoms with van der Waals surface area (Å²) < 4.78 is 0. The summed E-state index contributed by atoms with van der Waals surface area (Å²) in [6, 6.07) is 8.09. The van der Waals surface area contributed by atoms with Crippen molar-refractivity contribution in [3.8, 4) is 0 Å². The van der Waals surface area contributed by atoms with Crippen molar-refractivity contribution in [1.29, 1.82) is 0 Å². The van der Waals surface area contributed by atoms with Crippen molar-refractivity contribution in [1.82, 2.24) is 5.32 Å². The van der Waals surface area contributed by atoms with Gasteiger partial charge in [-0.25, -0.2) is 0 Å². The van der Waals surface area contributed by atoms with E-state index in [0.717, 1.165) is 30.6 Å². The molecule has 0 amide bonds. The van der Waals surface area contributed by atoms with E-state index in [2.05, 4.69) is 24.4 Å². The second-order valence-corrected chi connectivity index (χ2v) is 4.69. The fourth-order valence-electron chi connectivity index (χ4n) is 1.91. The fraction of sp³-hybridized carbons (Fsp3) is 0.538. The van der Waals surface area contributed by atoms with Crippen LogP contribution in [0.2, 0.25) is 0 Å². The molecule has 0 heterocycles. The lowest BCUT2D eigenvalue weighted by atomic mass is 10.1. The van der Waals surface area contributed by atoms with Crippen LogP contribution in [0.5, 0.6) is 0 Å². The molecule has 0 bridgehead atoms. The Labute approximate surface area is 91.9 Å². The van der Waals surface area contributed by atoms with Gasteiger partial charge in [0, 0.05) is 12.2 Å². The predicted molar refractivity (Wildman–Crippen MR) is 64.4 cm³/mol. The van der Waals surface area contributed by atoms with E-state index in [1.165, 1.54) is 18.4 Å². The Kier molecular flexibility index (Phi) is 3.27. The summed E-state index contributed by atoms with van der Waals surface area (Å²) in [5.74, 6) is 1.82. The third-order valence-electron chi connectivity index (χ3n) is 3.20. The molecule has 2 heteroatoms. The largest absolute Gasteiger partial charge is 0.399 e. The molecule has 0 radical (unpaired) electrons. The standard InChI is InChI=1S/C13H20N2/c1-10(12-4-5-12)8-15-9-11-2-6-13(14)7-3-11/h2-3,6-7,10,12,15H,4-5,8-9,14H2,1H3. The van der Waals surface area contributed by atoms with Gasteiger partial charge in [0.15, 0.2) is 0 Å². The molecule has 2 nitrogen and oxygen atoms in total. The molecule has 1 unspecified atom stereocenters. The average Bonchev–Trinajstić information content (AvgIpc) is 3.04. The van der Waals surface area contributed by atoms with Crippen LogP contribution >= 0.6 is 0 Å². The van der Waals surface area contributed by atoms with Gasteiger partial charge in [0.1, 0.15) is 0 Å². The summed E-state index contributed by atoms with van der Waals surface area (Å²) in [7, 11) is 0. The van der Waals surface area contributed by atoms with Crippen LogP contribution in [0, 0.1) is 11.8 Å². The zero-order valence-corrected chi connectivity index (χ0v) is 9.37. The molecular formula is C13H20N2. The maximum atomic E-state index is 5.63. The number of hydrogen-bond acceptors (Lipinski definition) is 2. The third kappa shape index (κ3) is 3.24. The number of rotatable bonds is 5. The molecule has 0 saturated heterocycles. The van der Waals surface area contributed by atoms with E-state index in [1.54, 1.807) is 0 Å². The number of anilines is 1. The van der Waals surface area contributed by atoms with Gasteiger partial charge in [0.05, 0.1) is 0 Å². The van der Waals surface area contributed by atoms with Crippen molar-refractivity contribution in [2.75, 3.05) is 12.3 Å². The van der Waals surface area contributed by atoms with Crippen molar-refractivity contribution in [2.24, 2.45) is 11.8 Å². The highest BCUT2D eigenvalue weighted by molar-refractivity contribution is 5.39. The van der Waals surface area contributed by atoms with Gasteiger partial charge < -0.3 is 11.1 Å². The molecule has 1 aromatic rings. The number of nitrogens with two attached hydrogens (primary N) is 1. The third-order valence-corrected chi connectivity index (χ3v) is 3.20. The molecule has 1 saturated carbocycles. The quantitative estimate of drug-likeness (QED) is 0.723. The Morgan fingerprint density at radius 1 is 1.33 bits per heavy atom. The first kappa shape index (κ1) is 10.5. The minimum Gasteiger partial charge on any atom is -0.399 e. The smallest absolute Gasteiger partial charge is 0.0314 e. The summed E-state index contributed by atoms with van der Waals surface area (Å²) >= 11 is 0. The van der Waals surface area contributed by atoms with Crippen LogP contribution in [0.25, 0.3) is 0 Å². The van der Waals surface area contributed by atoms with Crippen LogP contribution in [0.15, 0.2) is 24.3 Å². The topological polar surface area (TPSA) is 38.0 Å². The Balaban J connectivity index is 1.70. The van der Waals surface area contributed by atoms with Crippen LogP contribution in [-0.2, 0) is 6.54 Å². The number of nitrogen functional groups attached to an aromatic ring is 1. The van der Waals surface area contributed by atoms with Crippen molar-refractivity contribution in [2.45, 2.75) is 26.3 Å². The van der Waals surface area contributed by atoms with Gasteiger partial charge in [0.25, 0.3) is 0 Å². The summed E-state index contributed by atoms with van der Waals surface area (Å²) in [5.41, 5.74) is 7.78. The SMILES string of the molecule is CC(CNCc1ccc(N)cc1)C1CC1. The molecule has 82 valence electrons. The van der Waals surface area contributed by atoms with Gasteiger partial charge in [0.2, 0.25) is 0 Å². The molecule has 1 aromatic carbocycles. The number of benzene rings is 1. The van der Waals surface area contributed by atoms with E-state index in [4.69, 9.17) is 5.73 Å². The molecular weight excluding hydrogens is 184 g/mol. The summed E-state index contributed by atoms with van der Waals surface area (Å²) in [5, 5.41) is 3.50.